The number of ether oxygens (including phenoxy) is 2. The third kappa shape index (κ3) is 4.41. The number of nitrogens with zero attached hydrogens (tertiary/aromatic N) is 1. The fraction of sp³-hybridized carbons (Fsp3) is 0.458. The van der Waals surface area contributed by atoms with Gasteiger partial charge in [0, 0.05) is 12.1 Å². The number of nitrogens with one attached hydrogen (secondary N) is 1. The Morgan fingerprint density at radius 3 is 2.34 bits per heavy atom. The molecule has 7 nitrogen and oxygen atoms in total. The van der Waals surface area contributed by atoms with Crippen molar-refractivity contribution in [3.05, 3.63) is 48.0 Å². The van der Waals surface area contributed by atoms with Gasteiger partial charge in [-0.1, -0.05) is 24.1 Å². The number of amides is 1. The van der Waals surface area contributed by atoms with Crippen molar-refractivity contribution in [2.75, 3.05) is 25.1 Å². The molecule has 0 saturated heterocycles. The van der Waals surface area contributed by atoms with E-state index in [1.54, 1.807) is 18.2 Å². The minimum Gasteiger partial charge on any atom is -0.493 e. The van der Waals surface area contributed by atoms with Crippen molar-refractivity contribution in [2.24, 2.45) is 11.8 Å². The van der Waals surface area contributed by atoms with Gasteiger partial charge < -0.3 is 14.8 Å². The molecule has 0 unspecified atom stereocenters. The summed E-state index contributed by atoms with van der Waals surface area (Å²) in [6, 6.07) is 11.7. The molecule has 2 fully saturated rings. The molecular weight excluding hydrogens is 428 g/mol. The number of hydrogen-bond acceptors (Lipinski definition) is 5. The van der Waals surface area contributed by atoms with E-state index < -0.39 is 10.0 Å². The molecule has 3 atom stereocenters. The molecule has 0 spiro atoms. The maximum Gasteiger partial charge on any atom is 0.264 e. The number of anilines is 1. The summed E-state index contributed by atoms with van der Waals surface area (Å²) in [4.78, 5) is 13.0. The van der Waals surface area contributed by atoms with Crippen molar-refractivity contribution in [1.29, 1.82) is 0 Å². The van der Waals surface area contributed by atoms with Crippen LogP contribution in [-0.4, -0.2) is 41.1 Å². The number of carbonyl (C=O) groups excluding carboxylic acids is 1. The summed E-state index contributed by atoms with van der Waals surface area (Å²) in [7, 11) is -1.08. The molecule has 0 aliphatic heterocycles. The number of benzene rings is 2. The van der Waals surface area contributed by atoms with Crippen LogP contribution in [0.5, 0.6) is 11.5 Å². The first-order valence-corrected chi connectivity index (χ1v) is 12.4. The summed E-state index contributed by atoms with van der Waals surface area (Å²) in [5, 5.41) is 3.10. The zero-order chi connectivity index (χ0) is 22.9. The molecule has 1 amide bonds. The van der Waals surface area contributed by atoms with Gasteiger partial charge in [0.25, 0.3) is 10.0 Å². The van der Waals surface area contributed by atoms with E-state index in [-0.39, 0.29) is 23.4 Å². The Morgan fingerprint density at radius 2 is 1.75 bits per heavy atom. The van der Waals surface area contributed by atoms with Gasteiger partial charge in [-0.05, 0) is 62.3 Å². The van der Waals surface area contributed by atoms with Crippen LogP contribution in [-0.2, 0) is 14.8 Å². The van der Waals surface area contributed by atoms with Gasteiger partial charge in [-0.25, -0.2) is 8.42 Å². The quantitative estimate of drug-likeness (QED) is 0.654. The second kappa shape index (κ2) is 9.02. The minimum atomic E-state index is -4.03. The first-order valence-electron chi connectivity index (χ1n) is 10.9. The van der Waals surface area contributed by atoms with Gasteiger partial charge in [-0.15, -0.1) is 0 Å². The molecule has 4 rings (SSSR count). The predicted molar refractivity (Wildman–Crippen MR) is 123 cm³/mol. The Morgan fingerprint density at radius 1 is 1.03 bits per heavy atom. The highest BCUT2D eigenvalue weighted by atomic mass is 32.2. The Labute approximate surface area is 189 Å². The van der Waals surface area contributed by atoms with Crippen LogP contribution in [0.1, 0.15) is 31.2 Å². The van der Waals surface area contributed by atoms with Crippen LogP contribution >= 0.6 is 0 Å². The van der Waals surface area contributed by atoms with Crippen molar-refractivity contribution in [3.8, 4) is 11.5 Å². The number of methoxy groups -OCH3 is 2. The van der Waals surface area contributed by atoms with Crippen LogP contribution in [0.15, 0.2) is 47.4 Å². The van der Waals surface area contributed by atoms with Gasteiger partial charge in [0.15, 0.2) is 11.5 Å². The Bertz CT molecular complexity index is 1080. The van der Waals surface area contributed by atoms with E-state index in [9.17, 15) is 13.2 Å². The molecule has 8 heteroatoms. The summed E-state index contributed by atoms with van der Waals surface area (Å²) >= 11 is 0. The third-order valence-corrected chi connectivity index (χ3v) is 8.41. The molecule has 0 aromatic heterocycles. The van der Waals surface area contributed by atoms with Crippen molar-refractivity contribution in [3.63, 3.8) is 0 Å². The van der Waals surface area contributed by atoms with Crippen LogP contribution in [0.2, 0.25) is 0 Å². The maximum absolute atomic E-state index is 13.6. The predicted octanol–water partition coefficient (Wildman–Crippen LogP) is 3.51. The van der Waals surface area contributed by atoms with E-state index in [4.69, 9.17) is 9.47 Å². The van der Waals surface area contributed by atoms with E-state index in [0.717, 1.165) is 29.1 Å². The van der Waals surface area contributed by atoms with Crippen LogP contribution in [0, 0.1) is 18.8 Å². The highest BCUT2D eigenvalue weighted by Crippen LogP contribution is 2.44. The van der Waals surface area contributed by atoms with Crippen LogP contribution in [0.4, 0.5) is 5.69 Å². The van der Waals surface area contributed by atoms with E-state index in [1.807, 2.05) is 19.1 Å². The number of sulfonamides is 1. The average molecular weight is 459 g/mol. The van der Waals surface area contributed by atoms with E-state index in [0.29, 0.717) is 29.0 Å². The highest BCUT2D eigenvalue weighted by molar-refractivity contribution is 7.92. The third-order valence-electron chi connectivity index (χ3n) is 6.64. The molecule has 2 aliphatic rings. The standard InChI is InChI=1S/C24H30N2O5S/c1-16-4-8-19(9-5-16)26(15-24(27)25-21-13-17-6-7-18(21)12-17)32(28,29)20-10-11-22(30-2)23(14-20)31-3/h4-5,8-11,14,17-18,21H,6-7,12-13,15H2,1-3H3,(H,25,27)/t17-,18-,21+/m0/s1. The molecular formula is C24H30N2O5S. The second-order valence-electron chi connectivity index (χ2n) is 8.71. The second-order valence-corrected chi connectivity index (χ2v) is 10.6. The normalized spacial score (nSPS) is 21.9. The zero-order valence-corrected chi connectivity index (χ0v) is 19.5. The molecule has 1 N–H and O–H groups in total. The summed E-state index contributed by atoms with van der Waals surface area (Å²) in [5.74, 6) is 1.66. The van der Waals surface area contributed by atoms with Crippen LogP contribution in [0.25, 0.3) is 0 Å². The summed E-state index contributed by atoms with van der Waals surface area (Å²) in [6.45, 7) is 1.65. The van der Waals surface area contributed by atoms with Gasteiger partial charge in [0.2, 0.25) is 5.91 Å². The number of carbonyl (C=O) groups is 1. The number of fused-ring (bicyclic) bond motifs is 2. The molecule has 32 heavy (non-hydrogen) atoms. The van der Waals surface area contributed by atoms with Gasteiger partial charge in [0.05, 0.1) is 24.8 Å². The van der Waals surface area contributed by atoms with Gasteiger partial charge in [-0.2, -0.15) is 0 Å². The van der Waals surface area contributed by atoms with Crippen LogP contribution in [0.3, 0.4) is 0 Å². The fourth-order valence-electron chi connectivity index (χ4n) is 4.93. The van der Waals surface area contributed by atoms with E-state index in [1.165, 1.54) is 32.8 Å². The lowest BCUT2D eigenvalue weighted by Gasteiger charge is -2.27. The molecule has 0 radical (unpaired) electrons. The van der Waals surface area contributed by atoms with Crippen molar-refractivity contribution >= 4 is 21.6 Å². The Hall–Kier alpha value is -2.74. The molecule has 2 aromatic rings. The summed E-state index contributed by atoms with van der Waals surface area (Å²) in [5.41, 5.74) is 1.44. The Kier molecular flexibility index (Phi) is 6.33. The SMILES string of the molecule is COc1ccc(S(=O)(=O)N(CC(=O)N[C@@H]2C[C@H]3CC[C@H]2C3)c2ccc(C)cc2)cc1OC. The first kappa shape index (κ1) is 22.5. The monoisotopic (exact) mass is 458 g/mol. The molecule has 2 aliphatic carbocycles. The number of rotatable bonds is 8. The zero-order valence-electron chi connectivity index (χ0n) is 18.7. The largest absolute Gasteiger partial charge is 0.493 e. The van der Waals surface area contributed by atoms with E-state index in [2.05, 4.69) is 5.32 Å². The van der Waals surface area contributed by atoms with Crippen molar-refractivity contribution < 1.29 is 22.7 Å². The topological polar surface area (TPSA) is 84.9 Å². The summed E-state index contributed by atoms with van der Waals surface area (Å²) in [6.07, 6.45) is 4.53. The minimum absolute atomic E-state index is 0.0310. The number of hydrogen-bond donors (Lipinski definition) is 1. The summed E-state index contributed by atoms with van der Waals surface area (Å²) < 4.78 is 38.9. The average Bonchev–Trinajstić information content (AvgIpc) is 3.41. The molecule has 2 bridgehead atoms. The first-order chi connectivity index (χ1) is 15.3. The molecule has 0 heterocycles. The molecule has 2 saturated carbocycles. The van der Waals surface area contributed by atoms with Crippen molar-refractivity contribution in [1.82, 2.24) is 5.32 Å². The number of aryl methyl sites for hydroxylation is 1. The van der Waals surface area contributed by atoms with Gasteiger partial charge >= 0.3 is 0 Å². The van der Waals surface area contributed by atoms with Gasteiger partial charge in [0.1, 0.15) is 6.54 Å². The lowest BCUT2D eigenvalue weighted by Crippen LogP contribution is -2.46. The molecule has 2 aromatic carbocycles. The lowest BCUT2D eigenvalue weighted by molar-refractivity contribution is -0.120. The fourth-order valence-corrected chi connectivity index (χ4v) is 6.37. The maximum atomic E-state index is 13.6. The van der Waals surface area contributed by atoms with E-state index >= 15 is 0 Å². The van der Waals surface area contributed by atoms with Gasteiger partial charge in [-0.3, -0.25) is 9.10 Å². The smallest absolute Gasteiger partial charge is 0.264 e. The van der Waals surface area contributed by atoms with Crippen LogP contribution < -0.4 is 19.1 Å². The lowest BCUT2D eigenvalue weighted by atomic mass is 9.95. The van der Waals surface area contributed by atoms with Crippen molar-refractivity contribution in [2.45, 2.75) is 43.5 Å². The highest BCUT2D eigenvalue weighted by Gasteiger charge is 2.40. The molecule has 172 valence electrons. The Balaban J connectivity index is 1.63.